The van der Waals surface area contributed by atoms with Crippen molar-refractivity contribution in [3.05, 3.63) is 64.0 Å². The second-order valence-corrected chi connectivity index (χ2v) is 11.3. The highest BCUT2D eigenvalue weighted by molar-refractivity contribution is 6.30. The van der Waals surface area contributed by atoms with Crippen molar-refractivity contribution in [2.75, 3.05) is 27.3 Å². The zero-order chi connectivity index (χ0) is 29.3. The first kappa shape index (κ1) is 29.0. The zero-order valence-corrected chi connectivity index (χ0v) is 24.4. The van der Waals surface area contributed by atoms with Gasteiger partial charge in [0.1, 0.15) is 23.7 Å². The van der Waals surface area contributed by atoms with Crippen LogP contribution in [0.5, 0.6) is 11.5 Å². The number of carboxylic acids is 1. The van der Waals surface area contributed by atoms with Gasteiger partial charge in [0.15, 0.2) is 11.5 Å². The first-order chi connectivity index (χ1) is 19.7. The molecule has 0 spiro atoms. The first-order valence-corrected chi connectivity index (χ1v) is 14.2. The van der Waals surface area contributed by atoms with Crippen LogP contribution in [0.1, 0.15) is 80.2 Å². The minimum absolute atomic E-state index is 0.0299. The van der Waals surface area contributed by atoms with Gasteiger partial charge in [-0.25, -0.2) is 0 Å². The van der Waals surface area contributed by atoms with Crippen LogP contribution in [0, 0.1) is 5.92 Å². The Bertz CT molecular complexity index is 1430. The second-order valence-electron chi connectivity index (χ2n) is 10.9. The van der Waals surface area contributed by atoms with E-state index in [0.717, 1.165) is 22.3 Å². The molecule has 0 radical (unpaired) electrons. The number of nitrogens with zero attached hydrogens (tertiary/aromatic N) is 2. The van der Waals surface area contributed by atoms with Crippen molar-refractivity contribution < 1.29 is 33.4 Å². The predicted molar refractivity (Wildman–Crippen MR) is 152 cm³/mol. The monoisotopic (exact) mass is 582 g/mol. The number of hydrogen-bond acceptors (Lipinski definition) is 7. The van der Waals surface area contributed by atoms with Crippen molar-refractivity contribution in [2.24, 2.45) is 5.92 Å². The van der Waals surface area contributed by atoms with Gasteiger partial charge >= 0.3 is 5.97 Å². The molecule has 3 aromatic rings. The molecule has 2 aliphatic heterocycles. The maximum Gasteiger partial charge on any atom is 0.303 e. The molecule has 41 heavy (non-hydrogen) atoms. The van der Waals surface area contributed by atoms with E-state index in [-0.39, 0.29) is 30.6 Å². The fourth-order valence-corrected chi connectivity index (χ4v) is 6.09. The summed E-state index contributed by atoms with van der Waals surface area (Å²) in [6.07, 6.45) is 0.109. The van der Waals surface area contributed by atoms with Crippen LogP contribution in [0.2, 0.25) is 5.02 Å². The number of hydrogen-bond donors (Lipinski definition) is 1. The highest BCUT2D eigenvalue weighted by Crippen LogP contribution is 2.50. The molecule has 2 aliphatic rings. The number of fused-ring (bicyclic) bond motifs is 3. The Balaban J connectivity index is 1.57. The van der Waals surface area contributed by atoms with Gasteiger partial charge in [-0.3, -0.25) is 9.59 Å². The number of aliphatic carboxylic acids is 1. The van der Waals surface area contributed by atoms with Gasteiger partial charge in [0.2, 0.25) is 5.91 Å². The van der Waals surface area contributed by atoms with E-state index in [1.165, 1.54) is 0 Å². The number of piperidine rings is 1. The molecule has 5 rings (SSSR count). The van der Waals surface area contributed by atoms with Crippen molar-refractivity contribution in [3.8, 4) is 22.6 Å². The van der Waals surface area contributed by atoms with Crippen molar-refractivity contribution in [1.29, 1.82) is 0 Å². The first-order valence-electron chi connectivity index (χ1n) is 13.9. The fourth-order valence-electron chi connectivity index (χ4n) is 5.91. The van der Waals surface area contributed by atoms with Crippen LogP contribution >= 0.6 is 11.6 Å². The van der Waals surface area contributed by atoms with Crippen LogP contribution in [0.15, 0.2) is 40.9 Å². The summed E-state index contributed by atoms with van der Waals surface area (Å²) in [6.45, 7) is 5.09. The third-order valence-corrected chi connectivity index (χ3v) is 8.18. The summed E-state index contributed by atoms with van der Waals surface area (Å²) in [7, 11) is 3.16. The molecular weight excluding hydrogens is 548 g/mol. The molecule has 1 N–H and O–H groups in total. The third kappa shape index (κ3) is 5.78. The number of carbonyl (C=O) groups is 2. The van der Waals surface area contributed by atoms with E-state index in [1.807, 2.05) is 50.2 Å². The SMILES string of the molecule is COc1cccc(C2OC(CC(=O)N3CCC(CC(=O)O)CC3)c3noc(C(C)C)c3-c3ccc(Cl)cc32)c1OC. The molecule has 1 fully saturated rings. The van der Waals surface area contributed by atoms with Crippen LogP contribution in [0.3, 0.4) is 0 Å². The van der Waals surface area contributed by atoms with E-state index in [9.17, 15) is 9.59 Å². The molecule has 2 atom stereocenters. The number of benzene rings is 2. The molecule has 10 heteroatoms. The third-order valence-electron chi connectivity index (χ3n) is 7.95. The summed E-state index contributed by atoms with van der Waals surface area (Å²) in [5.74, 6) is 1.01. The Labute approximate surface area is 244 Å². The molecule has 0 bridgehead atoms. The molecular formula is C31H35ClN2O7. The number of methoxy groups -OCH3 is 2. The van der Waals surface area contributed by atoms with Gasteiger partial charge in [-0.2, -0.15) is 0 Å². The lowest BCUT2D eigenvalue weighted by Crippen LogP contribution is -2.39. The summed E-state index contributed by atoms with van der Waals surface area (Å²) in [4.78, 5) is 26.6. The minimum atomic E-state index is -0.806. The molecule has 218 valence electrons. The second kappa shape index (κ2) is 12.1. The smallest absolute Gasteiger partial charge is 0.303 e. The number of carbonyl (C=O) groups excluding carboxylic acids is 1. The number of para-hydroxylation sites is 1. The summed E-state index contributed by atoms with van der Waals surface area (Å²) in [5, 5.41) is 14.2. The molecule has 1 saturated heterocycles. The number of likely N-dealkylation sites (tertiary alicyclic amines) is 1. The van der Waals surface area contributed by atoms with Gasteiger partial charge in [-0.15, -0.1) is 0 Å². The van der Waals surface area contributed by atoms with Gasteiger partial charge in [-0.1, -0.05) is 48.8 Å². The lowest BCUT2D eigenvalue weighted by molar-refractivity contribution is -0.139. The van der Waals surface area contributed by atoms with E-state index >= 15 is 0 Å². The van der Waals surface area contributed by atoms with Gasteiger partial charge in [0.05, 0.1) is 26.2 Å². The molecule has 9 nitrogen and oxygen atoms in total. The highest BCUT2D eigenvalue weighted by Gasteiger charge is 2.39. The maximum absolute atomic E-state index is 13.7. The maximum atomic E-state index is 13.7. The molecule has 3 heterocycles. The summed E-state index contributed by atoms with van der Waals surface area (Å²) in [5.41, 5.74) is 3.79. The Morgan fingerprint density at radius 2 is 1.85 bits per heavy atom. The molecule has 1 aromatic heterocycles. The lowest BCUT2D eigenvalue weighted by atomic mass is 9.90. The molecule has 2 unspecified atom stereocenters. The Morgan fingerprint density at radius 3 is 2.51 bits per heavy atom. The average molecular weight is 583 g/mol. The topological polar surface area (TPSA) is 111 Å². The fraction of sp³-hybridized carbons (Fsp3) is 0.452. The molecule has 1 amide bonds. The zero-order valence-electron chi connectivity index (χ0n) is 23.7. The molecule has 2 aromatic carbocycles. The number of halogens is 1. The van der Waals surface area contributed by atoms with Crippen LogP contribution in [-0.2, 0) is 14.3 Å². The highest BCUT2D eigenvalue weighted by atomic mass is 35.5. The molecule has 0 aliphatic carbocycles. The Morgan fingerprint density at radius 1 is 1.10 bits per heavy atom. The Hall–Kier alpha value is -3.56. The Kier molecular flexibility index (Phi) is 8.56. The van der Waals surface area contributed by atoms with Crippen molar-refractivity contribution in [3.63, 3.8) is 0 Å². The van der Waals surface area contributed by atoms with Gasteiger partial charge in [-0.05, 0) is 48.1 Å². The van der Waals surface area contributed by atoms with E-state index in [4.69, 9.17) is 35.4 Å². The number of aromatic nitrogens is 1. The quantitative estimate of drug-likeness (QED) is 0.325. The van der Waals surface area contributed by atoms with E-state index in [0.29, 0.717) is 53.9 Å². The van der Waals surface area contributed by atoms with E-state index in [2.05, 4.69) is 5.16 Å². The molecule has 0 saturated carbocycles. The van der Waals surface area contributed by atoms with Crippen LogP contribution < -0.4 is 9.47 Å². The van der Waals surface area contributed by atoms with E-state index < -0.39 is 18.2 Å². The van der Waals surface area contributed by atoms with Gasteiger partial charge in [0.25, 0.3) is 0 Å². The summed E-state index contributed by atoms with van der Waals surface area (Å²) >= 11 is 6.54. The van der Waals surface area contributed by atoms with Crippen LogP contribution in [0.25, 0.3) is 11.1 Å². The number of amides is 1. The summed E-state index contributed by atoms with van der Waals surface area (Å²) < 4.78 is 24.1. The lowest BCUT2D eigenvalue weighted by Gasteiger charge is -2.32. The van der Waals surface area contributed by atoms with Gasteiger partial charge < -0.3 is 28.7 Å². The largest absolute Gasteiger partial charge is 0.493 e. The number of ether oxygens (including phenoxy) is 3. The van der Waals surface area contributed by atoms with Crippen LogP contribution in [0.4, 0.5) is 0 Å². The standard InChI is InChI=1S/C31H35ClN2O7/c1-17(2)29-27-20-9-8-19(32)15-22(20)30(21-6-5-7-23(38-3)31(21)39-4)40-24(28(27)33-41-29)16-25(35)34-12-10-18(11-13-34)14-26(36)37/h5-9,15,17-18,24,30H,10-14,16H2,1-4H3,(H,36,37). The van der Waals surface area contributed by atoms with Gasteiger partial charge in [0, 0.05) is 36.0 Å². The normalized spacial score (nSPS) is 18.9. The van der Waals surface area contributed by atoms with Crippen molar-refractivity contribution >= 4 is 23.5 Å². The number of carboxylic acid groups (broad SMARTS) is 1. The minimum Gasteiger partial charge on any atom is -0.493 e. The van der Waals surface area contributed by atoms with E-state index in [1.54, 1.807) is 19.1 Å². The summed E-state index contributed by atoms with van der Waals surface area (Å²) in [6, 6.07) is 11.3. The average Bonchev–Trinajstić information content (AvgIpc) is 3.35. The van der Waals surface area contributed by atoms with Crippen molar-refractivity contribution in [2.45, 2.75) is 57.7 Å². The number of rotatable bonds is 8. The van der Waals surface area contributed by atoms with Crippen molar-refractivity contribution in [1.82, 2.24) is 10.1 Å². The predicted octanol–water partition coefficient (Wildman–Crippen LogP) is 6.40. The van der Waals surface area contributed by atoms with Crippen LogP contribution in [-0.4, -0.2) is 54.3 Å².